The molecule has 0 spiro atoms. The largest absolute Gasteiger partial charge is 0.396 e. The standard InChI is InChI=1S/C9H19N2O/c12-9-3-1-2-6-11-7-4-10-5-8-11/h12H,1-9H2. The van der Waals surface area contributed by atoms with Gasteiger partial charge in [-0.2, -0.15) is 0 Å². The maximum atomic E-state index is 8.57. The van der Waals surface area contributed by atoms with E-state index in [4.69, 9.17) is 5.11 Å². The van der Waals surface area contributed by atoms with Gasteiger partial charge in [0, 0.05) is 32.8 Å². The molecule has 1 fully saturated rings. The average Bonchev–Trinajstić information content (AvgIpc) is 2.14. The zero-order valence-corrected chi connectivity index (χ0v) is 7.71. The van der Waals surface area contributed by atoms with Crippen LogP contribution in [0, 0.1) is 0 Å². The molecule has 1 aliphatic rings. The summed E-state index contributed by atoms with van der Waals surface area (Å²) in [4.78, 5) is 2.46. The van der Waals surface area contributed by atoms with E-state index in [9.17, 15) is 0 Å². The van der Waals surface area contributed by atoms with Crippen molar-refractivity contribution < 1.29 is 5.11 Å². The molecule has 1 saturated heterocycles. The van der Waals surface area contributed by atoms with Crippen molar-refractivity contribution in [1.29, 1.82) is 0 Å². The summed E-state index contributed by atoms with van der Waals surface area (Å²) in [7, 11) is 0. The number of unbranched alkanes of at least 4 members (excludes halogenated alkanes) is 2. The summed E-state index contributed by atoms with van der Waals surface area (Å²) in [5, 5.41) is 12.9. The normalized spacial score (nSPS) is 19.8. The molecule has 71 valence electrons. The van der Waals surface area contributed by atoms with Gasteiger partial charge < -0.3 is 10.0 Å². The van der Waals surface area contributed by atoms with Gasteiger partial charge in [-0.25, -0.2) is 5.32 Å². The number of rotatable bonds is 5. The number of aliphatic hydroxyl groups is 1. The Labute approximate surface area is 74.8 Å². The first-order valence-corrected chi connectivity index (χ1v) is 4.90. The van der Waals surface area contributed by atoms with Gasteiger partial charge in [-0.05, 0) is 25.8 Å². The highest BCUT2D eigenvalue weighted by Crippen LogP contribution is 1.99. The number of aliphatic hydroxyl groups excluding tert-OH is 1. The van der Waals surface area contributed by atoms with Gasteiger partial charge in [0.2, 0.25) is 0 Å². The van der Waals surface area contributed by atoms with Crippen LogP contribution in [0.3, 0.4) is 0 Å². The number of hydrogen-bond donors (Lipinski definition) is 1. The van der Waals surface area contributed by atoms with Crippen LogP contribution in [0.5, 0.6) is 0 Å². The third-order valence-electron chi connectivity index (χ3n) is 2.28. The molecule has 1 rings (SSSR count). The Morgan fingerprint density at radius 1 is 1.08 bits per heavy atom. The molecule has 0 aromatic rings. The second-order valence-corrected chi connectivity index (χ2v) is 3.30. The van der Waals surface area contributed by atoms with Crippen molar-refractivity contribution >= 4 is 0 Å². The fourth-order valence-corrected chi connectivity index (χ4v) is 1.50. The molecule has 3 heteroatoms. The SMILES string of the molecule is OCCCCCN1CC[N]CC1. The van der Waals surface area contributed by atoms with Crippen LogP contribution in [0.4, 0.5) is 0 Å². The summed E-state index contributed by atoms with van der Waals surface area (Å²) in [6.45, 7) is 5.84. The molecule has 0 saturated carbocycles. The van der Waals surface area contributed by atoms with E-state index in [1.807, 2.05) is 0 Å². The third kappa shape index (κ3) is 4.04. The summed E-state index contributed by atoms with van der Waals surface area (Å²) in [6.07, 6.45) is 3.34. The number of nitrogens with zero attached hydrogens (tertiary/aromatic N) is 2. The molecule has 0 aromatic heterocycles. The number of hydrogen-bond acceptors (Lipinski definition) is 2. The van der Waals surface area contributed by atoms with E-state index in [-0.39, 0.29) is 0 Å². The van der Waals surface area contributed by atoms with Gasteiger partial charge in [0.25, 0.3) is 0 Å². The van der Waals surface area contributed by atoms with Crippen molar-refractivity contribution in [2.24, 2.45) is 0 Å². The minimum atomic E-state index is 0.343. The molecule has 0 atom stereocenters. The molecule has 3 nitrogen and oxygen atoms in total. The molecule has 0 unspecified atom stereocenters. The lowest BCUT2D eigenvalue weighted by atomic mass is 10.2. The summed E-state index contributed by atoms with van der Waals surface area (Å²) >= 11 is 0. The molecule has 0 amide bonds. The van der Waals surface area contributed by atoms with Crippen molar-refractivity contribution in [1.82, 2.24) is 10.2 Å². The van der Waals surface area contributed by atoms with E-state index in [2.05, 4.69) is 10.2 Å². The van der Waals surface area contributed by atoms with Gasteiger partial charge in [-0.15, -0.1) is 0 Å². The molecule has 1 aliphatic heterocycles. The topological polar surface area (TPSA) is 37.6 Å². The lowest BCUT2D eigenvalue weighted by Gasteiger charge is -2.25. The zero-order valence-electron chi connectivity index (χ0n) is 7.71. The van der Waals surface area contributed by atoms with Crippen LogP contribution >= 0.6 is 0 Å². The van der Waals surface area contributed by atoms with E-state index in [0.29, 0.717) is 6.61 Å². The fraction of sp³-hybridized carbons (Fsp3) is 1.00. The van der Waals surface area contributed by atoms with Crippen LogP contribution in [0.1, 0.15) is 19.3 Å². The fourth-order valence-electron chi connectivity index (χ4n) is 1.50. The first-order chi connectivity index (χ1) is 5.93. The van der Waals surface area contributed by atoms with Gasteiger partial charge in [-0.1, -0.05) is 0 Å². The second kappa shape index (κ2) is 6.40. The Hall–Kier alpha value is -0.120. The van der Waals surface area contributed by atoms with Crippen molar-refractivity contribution in [3.05, 3.63) is 0 Å². The van der Waals surface area contributed by atoms with Crippen LogP contribution in [0.25, 0.3) is 0 Å². The van der Waals surface area contributed by atoms with Gasteiger partial charge in [0.15, 0.2) is 0 Å². The summed E-state index contributed by atoms with van der Waals surface area (Å²) in [5.74, 6) is 0. The Morgan fingerprint density at radius 2 is 1.83 bits per heavy atom. The first kappa shape index (κ1) is 9.96. The molecular weight excluding hydrogens is 152 g/mol. The predicted octanol–water partition coefficient (Wildman–Crippen LogP) is 0.0690. The Balaban J connectivity index is 1.91. The van der Waals surface area contributed by atoms with E-state index >= 15 is 0 Å². The molecule has 12 heavy (non-hydrogen) atoms. The van der Waals surface area contributed by atoms with Gasteiger partial charge >= 0.3 is 0 Å². The van der Waals surface area contributed by atoms with Gasteiger partial charge in [-0.3, -0.25) is 0 Å². The summed E-state index contributed by atoms with van der Waals surface area (Å²) < 4.78 is 0. The van der Waals surface area contributed by atoms with Gasteiger partial charge in [0.1, 0.15) is 0 Å². The average molecular weight is 171 g/mol. The Morgan fingerprint density at radius 3 is 2.50 bits per heavy atom. The van der Waals surface area contributed by atoms with E-state index in [1.54, 1.807) is 0 Å². The highest BCUT2D eigenvalue weighted by Gasteiger charge is 2.08. The molecule has 0 aliphatic carbocycles. The van der Waals surface area contributed by atoms with Crippen LogP contribution in [-0.2, 0) is 0 Å². The van der Waals surface area contributed by atoms with Crippen LogP contribution in [0.2, 0.25) is 0 Å². The molecule has 1 radical (unpaired) electrons. The monoisotopic (exact) mass is 171 g/mol. The zero-order chi connectivity index (χ0) is 8.65. The predicted molar refractivity (Wildman–Crippen MR) is 49.2 cm³/mol. The summed E-state index contributed by atoms with van der Waals surface area (Å²) in [5.41, 5.74) is 0. The van der Waals surface area contributed by atoms with Crippen molar-refractivity contribution in [3.8, 4) is 0 Å². The highest BCUT2D eigenvalue weighted by molar-refractivity contribution is 4.66. The lowest BCUT2D eigenvalue weighted by Crippen LogP contribution is -2.40. The van der Waals surface area contributed by atoms with Crippen LogP contribution in [-0.4, -0.2) is 49.3 Å². The highest BCUT2D eigenvalue weighted by atomic mass is 16.2. The minimum absolute atomic E-state index is 0.343. The van der Waals surface area contributed by atoms with Crippen molar-refractivity contribution in [2.45, 2.75) is 19.3 Å². The van der Waals surface area contributed by atoms with Crippen molar-refractivity contribution in [3.63, 3.8) is 0 Å². The number of piperazine rings is 1. The Bertz CT molecular complexity index is 103. The molecule has 0 bridgehead atoms. The first-order valence-electron chi connectivity index (χ1n) is 4.90. The molecule has 1 heterocycles. The van der Waals surface area contributed by atoms with Crippen molar-refractivity contribution in [2.75, 3.05) is 39.3 Å². The molecule has 0 aromatic carbocycles. The molecule has 1 N–H and O–H groups in total. The second-order valence-electron chi connectivity index (χ2n) is 3.30. The maximum absolute atomic E-state index is 8.57. The third-order valence-corrected chi connectivity index (χ3v) is 2.28. The maximum Gasteiger partial charge on any atom is 0.0431 e. The van der Waals surface area contributed by atoms with Crippen LogP contribution < -0.4 is 5.32 Å². The lowest BCUT2D eigenvalue weighted by molar-refractivity contribution is 0.227. The molecular formula is C9H19N2O. The smallest absolute Gasteiger partial charge is 0.0431 e. The van der Waals surface area contributed by atoms with Gasteiger partial charge in [0.05, 0.1) is 0 Å². The minimum Gasteiger partial charge on any atom is -0.396 e. The van der Waals surface area contributed by atoms with E-state index in [1.165, 1.54) is 13.0 Å². The Kier molecular flexibility index (Phi) is 5.32. The van der Waals surface area contributed by atoms with Crippen LogP contribution in [0.15, 0.2) is 0 Å². The quantitative estimate of drug-likeness (QED) is 0.594. The summed E-state index contributed by atoms with van der Waals surface area (Å²) in [6, 6.07) is 0. The van der Waals surface area contributed by atoms with E-state index in [0.717, 1.165) is 39.0 Å². The van der Waals surface area contributed by atoms with E-state index < -0.39 is 0 Å².